The summed E-state index contributed by atoms with van der Waals surface area (Å²) >= 11 is 1.68. The highest BCUT2D eigenvalue weighted by Crippen LogP contribution is 2.35. The van der Waals surface area contributed by atoms with Crippen molar-refractivity contribution in [2.24, 2.45) is 5.41 Å². The van der Waals surface area contributed by atoms with Gasteiger partial charge in [0.25, 0.3) is 0 Å². The lowest BCUT2D eigenvalue weighted by Crippen LogP contribution is -2.44. The Morgan fingerprint density at radius 2 is 1.75 bits per heavy atom. The van der Waals surface area contributed by atoms with Gasteiger partial charge in [-0.1, -0.05) is 36.4 Å². The molecule has 1 aliphatic heterocycles. The SMILES string of the molecule is CNC(=O)[C@@]1(Cc2ccc(-c3ccsc3)cc2)CCN(C(=O)Cc2ccc(OC)cc2)C1. The summed E-state index contributed by atoms with van der Waals surface area (Å²) < 4.78 is 5.19. The number of thiophene rings is 1. The molecule has 1 atom stereocenters. The number of hydrogen-bond acceptors (Lipinski definition) is 4. The molecule has 4 rings (SSSR count). The van der Waals surface area contributed by atoms with Crippen molar-refractivity contribution in [3.8, 4) is 16.9 Å². The van der Waals surface area contributed by atoms with E-state index in [1.165, 1.54) is 11.1 Å². The third-order valence-electron chi connectivity index (χ3n) is 6.28. The minimum Gasteiger partial charge on any atom is -0.497 e. The predicted octanol–water partition coefficient (Wildman–Crippen LogP) is 4.17. The van der Waals surface area contributed by atoms with Crippen LogP contribution in [0.4, 0.5) is 0 Å². The van der Waals surface area contributed by atoms with Crippen molar-refractivity contribution in [2.45, 2.75) is 19.3 Å². The van der Waals surface area contributed by atoms with Crippen LogP contribution in [-0.2, 0) is 22.4 Å². The van der Waals surface area contributed by atoms with E-state index in [4.69, 9.17) is 4.74 Å². The molecule has 166 valence electrons. The van der Waals surface area contributed by atoms with Crippen LogP contribution in [0.1, 0.15) is 17.5 Å². The third kappa shape index (κ3) is 4.70. The monoisotopic (exact) mass is 448 g/mol. The van der Waals surface area contributed by atoms with Crippen LogP contribution in [0.5, 0.6) is 5.75 Å². The highest BCUT2D eigenvalue weighted by Gasteiger charge is 2.45. The number of carbonyl (C=O) groups is 2. The smallest absolute Gasteiger partial charge is 0.228 e. The number of ether oxygens (including phenoxy) is 1. The maximum absolute atomic E-state index is 13.0. The maximum Gasteiger partial charge on any atom is 0.228 e. The summed E-state index contributed by atoms with van der Waals surface area (Å²) in [6.07, 6.45) is 1.60. The van der Waals surface area contributed by atoms with Crippen molar-refractivity contribution >= 4 is 23.2 Å². The lowest BCUT2D eigenvalue weighted by Gasteiger charge is -2.28. The van der Waals surface area contributed by atoms with Crippen molar-refractivity contribution in [3.05, 3.63) is 76.5 Å². The zero-order valence-electron chi connectivity index (χ0n) is 18.5. The van der Waals surface area contributed by atoms with Crippen LogP contribution in [0.25, 0.3) is 11.1 Å². The fraction of sp³-hybridized carbons (Fsp3) is 0.308. The number of rotatable bonds is 7. The molecule has 6 heteroatoms. The van der Waals surface area contributed by atoms with Gasteiger partial charge in [-0.3, -0.25) is 9.59 Å². The largest absolute Gasteiger partial charge is 0.497 e. The summed E-state index contributed by atoms with van der Waals surface area (Å²) in [5.74, 6) is 0.818. The molecule has 1 fully saturated rings. The number of amides is 2. The minimum absolute atomic E-state index is 0.000779. The maximum atomic E-state index is 13.0. The molecule has 0 aliphatic carbocycles. The molecule has 3 aromatic rings. The second kappa shape index (κ2) is 9.57. The van der Waals surface area contributed by atoms with Gasteiger partial charge in [0.2, 0.25) is 11.8 Å². The summed E-state index contributed by atoms with van der Waals surface area (Å²) in [5.41, 5.74) is 3.83. The van der Waals surface area contributed by atoms with Gasteiger partial charge in [0, 0.05) is 20.1 Å². The van der Waals surface area contributed by atoms with Gasteiger partial charge >= 0.3 is 0 Å². The molecular weight excluding hydrogens is 420 g/mol. The van der Waals surface area contributed by atoms with Gasteiger partial charge in [-0.25, -0.2) is 0 Å². The van der Waals surface area contributed by atoms with E-state index in [9.17, 15) is 9.59 Å². The molecule has 0 spiro atoms. The van der Waals surface area contributed by atoms with Crippen LogP contribution in [0.2, 0.25) is 0 Å². The van der Waals surface area contributed by atoms with Gasteiger partial charge in [-0.15, -0.1) is 0 Å². The highest BCUT2D eigenvalue weighted by atomic mass is 32.1. The van der Waals surface area contributed by atoms with Gasteiger partial charge in [0.15, 0.2) is 0 Å². The van der Waals surface area contributed by atoms with Crippen molar-refractivity contribution < 1.29 is 14.3 Å². The average molecular weight is 449 g/mol. The van der Waals surface area contributed by atoms with Gasteiger partial charge in [0.1, 0.15) is 5.75 Å². The minimum atomic E-state index is -0.603. The molecule has 1 N–H and O–H groups in total. The number of benzene rings is 2. The Kier molecular flexibility index (Phi) is 6.61. The number of nitrogens with one attached hydrogen (secondary N) is 1. The first-order valence-corrected chi connectivity index (χ1v) is 11.7. The molecule has 5 nitrogen and oxygen atoms in total. The van der Waals surface area contributed by atoms with Crippen LogP contribution in [0.3, 0.4) is 0 Å². The summed E-state index contributed by atoms with van der Waals surface area (Å²) in [5, 5.41) is 7.03. The molecule has 2 amide bonds. The molecule has 1 aliphatic rings. The molecular formula is C26H28N2O3S. The molecule has 1 aromatic heterocycles. The van der Waals surface area contributed by atoms with Crippen LogP contribution in [0.15, 0.2) is 65.4 Å². The molecule has 2 heterocycles. The molecule has 0 unspecified atom stereocenters. The molecule has 0 bridgehead atoms. The Bertz CT molecular complexity index is 1060. The van der Waals surface area contributed by atoms with Gasteiger partial charge in [-0.2, -0.15) is 11.3 Å². The Morgan fingerprint density at radius 3 is 2.38 bits per heavy atom. The standard InChI is InChI=1S/C26H28N2O3S/c1-27-25(30)26(16-20-3-7-21(8-4-20)22-11-14-32-17-22)12-13-28(18-26)24(29)15-19-5-9-23(31-2)10-6-19/h3-11,14,17H,12-13,15-16,18H2,1-2H3,(H,27,30)/t26-/m1/s1. The summed E-state index contributed by atoms with van der Waals surface area (Å²) in [6.45, 7) is 1.03. The van der Waals surface area contributed by atoms with Crippen molar-refractivity contribution in [2.75, 3.05) is 27.2 Å². The number of hydrogen-bond donors (Lipinski definition) is 1. The van der Waals surface area contributed by atoms with Crippen molar-refractivity contribution in [1.82, 2.24) is 10.2 Å². The van der Waals surface area contributed by atoms with Crippen LogP contribution >= 0.6 is 11.3 Å². The van der Waals surface area contributed by atoms with Gasteiger partial charge in [0.05, 0.1) is 18.9 Å². The van der Waals surface area contributed by atoms with Gasteiger partial charge < -0.3 is 15.0 Å². The Labute approximate surface area is 193 Å². The Balaban J connectivity index is 1.46. The number of nitrogens with zero attached hydrogens (tertiary/aromatic N) is 1. The van der Waals surface area contributed by atoms with E-state index < -0.39 is 5.41 Å². The van der Waals surface area contributed by atoms with E-state index in [1.807, 2.05) is 29.2 Å². The van der Waals surface area contributed by atoms with E-state index >= 15 is 0 Å². The zero-order valence-corrected chi connectivity index (χ0v) is 19.3. The van der Waals surface area contributed by atoms with Crippen molar-refractivity contribution in [1.29, 1.82) is 0 Å². The Hall–Kier alpha value is -3.12. The number of likely N-dealkylation sites (tertiary alicyclic amines) is 1. The fourth-order valence-electron chi connectivity index (χ4n) is 4.42. The normalized spacial score (nSPS) is 17.9. The molecule has 0 saturated carbocycles. The second-order valence-electron chi connectivity index (χ2n) is 8.34. The fourth-order valence-corrected chi connectivity index (χ4v) is 5.09. The summed E-state index contributed by atoms with van der Waals surface area (Å²) in [6, 6.07) is 18.1. The topological polar surface area (TPSA) is 58.6 Å². The number of carbonyl (C=O) groups excluding carboxylic acids is 2. The van der Waals surface area contributed by atoms with Gasteiger partial charge in [-0.05, 0) is 64.1 Å². The molecule has 2 aromatic carbocycles. The van der Waals surface area contributed by atoms with Crippen LogP contribution < -0.4 is 10.1 Å². The van der Waals surface area contributed by atoms with E-state index in [2.05, 4.69) is 46.4 Å². The average Bonchev–Trinajstić information content (AvgIpc) is 3.51. The first-order chi connectivity index (χ1) is 15.5. The lowest BCUT2D eigenvalue weighted by molar-refractivity contribution is -0.132. The van der Waals surface area contributed by atoms with E-state index in [0.717, 1.165) is 16.9 Å². The first-order valence-electron chi connectivity index (χ1n) is 10.8. The van der Waals surface area contributed by atoms with Crippen LogP contribution in [0, 0.1) is 5.41 Å². The predicted molar refractivity (Wildman–Crippen MR) is 128 cm³/mol. The Morgan fingerprint density at radius 1 is 1.03 bits per heavy atom. The molecule has 32 heavy (non-hydrogen) atoms. The second-order valence-corrected chi connectivity index (χ2v) is 9.12. The zero-order chi connectivity index (χ0) is 22.6. The highest BCUT2D eigenvalue weighted by molar-refractivity contribution is 7.08. The summed E-state index contributed by atoms with van der Waals surface area (Å²) in [4.78, 5) is 27.7. The third-order valence-corrected chi connectivity index (χ3v) is 6.96. The van der Waals surface area contributed by atoms with Crippen LogP contribution in [-0.4, -0.2) is 44.0 Å². The van der Waals surface area contributed by atoms with E-state index in [-0.39, 0.29) is 11.8 Å². The molecule has 0 radical (unpaired) electrons. The van der Waals surface area contributed by atoms with E-state index in [1.54, 1.807) is 25.5 Å². The summed E-state index contributed by atoms with van der Waals surface area (Å²) in [7, 11) is 3.30. The quantitative estimate of drug-likeness (QED) is 0.590. The van der Waals surface area contributed by atoms with E-state index in [0.29, 0.717) is 32.4 Å². The number of methoxy groups -OCH3 is 1. The molecule has 1 saturated heterocycles. The lowest BCUT2D eigenvalue weighted by atomic mass is 9.79. The van der Waals surface area contributed by atoms with Crippen molar-refractivity contribution in [3.63, 3.8) is 0 Å². The first kappa shape index (κ1) is 22.1.